The van der Waals surface area contributed by atoms with Crippen molar-refractivity contribution >= 4 is 67.2 Å². The Balaban J connectivity index is 2.26. The van der Waals surface area contributed by atoms with Crippen LogP contribution in [-0.2, 0) is 0 Å². The van der Waals surface area contributed by atoms with Gasteiger partial charge < -0.3 is 0 Å². The normalized spacial score (nSPS) is 11.6. The molecule has 19 heavy (non-hydrogen) atoms. The molecule has 0 aliphatic heterocycles. The highest BCUT2D eigenvalue weighted by Gasteiger charge is 2.09. The van der Waals surface area contributed by atoms with E-state index < -0.39 is 0 Å². The van der Waals surface area contributed by atoms with Gasteiger partial charge in [0, 0.05) is 25.2 Å². The summed E-state index contributed by atoms with van der Waals surface area (Å²) in [6.07, 6.45) is 0. The largest absolute Gasteiger partial charge is 0.136 e. The molecule has 3 heteroatoms. The summed E-state index contributed by atoms with van der Waals surface area (Å²) in [5, 5.41) is 5.57. The Kier molecular flexibility index (Phi) is 2.38. The third kappa shape index (κ3) is 1.67. The molecule has 0 unspecified atom stereocenters. The van der Waals surface area contributed by atoms with E-state index in [2.05, 4.69) is 36.4 Å². The van der Waals surface area contributed by atoms with Gasteiger partial charge in [0.15, 0.2) is 0 Å². The maximum atomic E-state index is 6.12. The predicted molar refractivity (Wildman–Crippen MR) is 87.2 cm³/mol. The van der Waals surface area contributed by atoms with Gasteiger partial charge in [0.2, 0.25) is 0 Å². The summed E-state index contributed by atoms with van der Waals surface area (Å²) in [7, 11) is 6.07. The Morgan fingerprint density at radius 2 is 1.63 bits per heavy atom. The van der Waals surface area contributed by atoms with Gasteiger partial charge in [-0.15, -0.1) is 11.3 Å². The third-order valence-corrected chi connectivity index (χ3v) is 4.87. The van der Waals surface area contributed by atoms with Crippen molar-refractivity contribution in [3.63, 3.8) is 0 Å². The third-order valence-electron chi connectivity index (χ3n) is 3.43. The van der Waals surface area contributed by atoms with E-state index in [1.54, 1.807) is 11.3 Å². The Labute approximate surface area is 121 Å². The van der Waals surface area contributed by atoms with Gasteiger partial charge >= 0.3 is 0 Å². The summed E-state index contributed by atoms with van der Waals surface area (Å²) >= 11 is 7.85. The van der Waals surface area contributed by atoms with Crippen LogP contribution in [0.2, 0.25) is 5.02 Å². The minimum absolute atomic E-state index is 0.692. The lowest BCUT2D eigenvalue weighted by molar-refractivity contribution is 1.81. The van der Waals surface area contributed by atoms with E-state index in [9.17, 15) is 0 Å². The quantitative estimate of drug-likeness (QED) is 0.411. The van der Waals surface area contributed by atoms with Gasteiger partial charge in [0.05, 0.1) is 0 Å². The second kappa shape index (κ2) is 3.99. The van der Waals surface area contributed by atoms with Crippen molar-refractivity contribution in [3.8, 4) is 0 Å². The zero-order valence-corrected chi connectivity index (χ0v) is 11.6. The second-order valence-corrected chi connectivity index (χ2v) is 6.16. The van der Waals surface area contributed by atoms with Crippen molar-refractivity contribution in [3.05, 3.63) is 53.6 Å². The lowest BCUT2D eigenvalue weighted by atomic mass is 9.94. The van der Waals surface area contributed by atoms with E-state index in [0.29, 0.717) is 5.02 Å². The average molecular weight is 279 g/mol. The lowest BCUT2D eigenvalue weighted by Gasteiger charge is -1.99. The summed E-state index contributed by atoms with van der Waals surface area (Å²) in [5.41, 5.74) is 0.757. The Bertz CT molecular complexity index is 940. The van der Waals surface area contributed by atoms with Gasteiger partial charge in [-0.3, -0.25) is 0 Å². The molecule has 0 aliphatic carbocycles. The molecule has 0 N–H and O–H groups in total. The molecule has 88 valence electrons. The van der Waals surface area contributed by atoms with E-state index >= 15 is 0 Å². The zero-order valence-electron chi connectivity index (χ0n) is 9.98. The second-order valence-electron chi connectivity index (χ2n) is 4.67. The van der Waals surface area contributed by atoms with Gasteiger partial charge in [-0.2, -0.15) is 0 Å². The fourth-order valence-corrected chi connectivity index (χ4v) is 3.92. The molecule has 0 bridgehead atoms. The molecule has 0 fully saturated rings. The van der Waals surface area contributed by atoms with Crippen LogP contribution in [0.4, 0.5) is 0 Å². The first kappa shape index (κ1) is 11.3. The first-order valence-corrected chi connectivity index (χ1v) is 7.22. The van der Waals surface area contributed by atoms with Crippen molar-refractivity contribution in [1.29, 1.82) is 0 Å². The Hall–Kier alpha value is -1.51. The number of hydrogen-bond donors (Lipinski definition) is 0. The molecule has 2 radical (unpaired) electrons. The highest BCUT2D eigenvalue weighted by Crippen LogP contribution is 2.36. The SMILES string of the molecule is [B]c1cc(Cl)cc2c1sc1cc3ccccc3cc12. The van der Waals surface area contributed by atoms with E-state index in [1.807, 2.05) is 12.1 Å². The zero-order chi connectivity index (χ0) is 13.0. The predicted octanol–water partition coefficient (Wildman–Crippen LogP) is 4.65. The Morgan fingerprint density at radius 1 is 0.895 bits per heavy atom. The molecular formula is C16H8BClS. The smallest absolute Gasteiger partial charge is 0.115 e. The van der Waals surface area contributed by atoms with Crippen molar-refractivity contribution in [2.75, 3.05) is 0 Å². The number of hydrogen-bond acceptors (Lipinski definition) is 1. The maximum Gasteiger partial charge on any atom is 0.115 e. The monoisotopic (exact) mass is 278 g/mol. The first-order valence-electron chi connectivity index (χ1n) is 6.02. The number of halogens is 1. The van der Waals surface area contributed by atoms with Crippen LogP contribution in [0.3, 0.4) is 0 Å². The van der Waals surface area contributed by atoms with Crippen LogP contribution in [0.25, 0.3) is 30.9 Å². The Morgan fingerprint density at radius 3 is 2.42 bits per heavy atom. The van der Waals surface area contributed by atoms with Crippen molar-refractivity contribution in [1.82, 2.24) is 0 Å². The van der Waals surface area contributed by atoms with Gasteiger partial charge in [0.1, 0.15) is 7.85 Å². The average Bonchev–Trinajstić information content (AvgIpc) is 2.74. The molecular weight excluding hydrogens is 271 g/mol. The van der Waals surface area contributed by atoms with Gasteiger partial charge in [-0.05, 0) is 35.0 Å². The van der Waals surface area contributed by atoms with Gasteiger partial charge in [-0.25, -0.2) is 0 Å². The van der Waals surface area contributed by atoms with Crippen LogP contribution in [-0.4, -0.2) is 7.85 Å². The van der Waals surface area contributed by atoms with Gasteiger partial charge in [0.25, 0.3) is 0 Å². The van der Waals surface area contributed by atoms with Gasteiger partial charge in [-0.1, -0.05) is 41.3 Å². The molecule has 0 aliphatic rings. The lowest BCUT2D eigenvalue weighted by Crippen LogP contribution is -2.00. The topological polar surface area (TPSA) is 0 Å². The van der Waals surface area contributed by atoms with E-state index in [0.717, 1.165) is 15.5 Å². The highest BCUT2D eigenvalue weighted by atomic mass is 35.5. The molecule has 3 aromatic carbocycles. The summed E-state index contributed by atoms with van der Waals surface area (Å²) in [4.78, 5) is 0. The molecule has 4 aromatic rings. The van der Waals surface area contributed by atoms with Crippen LogP contribution in [0.1, 0.15) is 0 Å². The number of fused-ring (bicyclic) bond motifs is 4. The van der Waals surface area contributed by atoms with Crippen LogP contribution >= 0.6 is 22.9 Å². The summed E-state index contributed by atoms with van der Waals surface area (Å²) in [6, 6.07) is 16.7. The van der Waals surface area contributed by atoms with Crippen LogP contribution < -0.4 is 5.46 Å². The van der Waals surface area contributed by atoms with E-state index in [-0.39, 0.29) is 0 Å². The van der Waals surface area contributed by atoms with Crippen molar-refractivity contribution < 1.29 is 0 Å². The summed E-state index contributed by atoms with van der Waals surface area (Å²) in [6.45, 7) is 0. The molecule has 1 heterocycles. The minimum Gasteiger partial charge on any atom is -0.136 e. The van der Waals surface area contributed by atoms with Crippen molar-refractivity contribution in [2.45, 2.75) is 0 Å². The molecule has 0 saturated heterocycles. The first-order chi connectivity index (χ1) is 9.22. The molecule has 1 aromatic heterocycles. The van der Waals surface area contributed by atoms with Crippen molar-refractivity contribution in [2.24, 2.45) is 0 Å². The number of thiophene rings is 1. The summed E-state index contributed by atoms with van der Waals surface area (Å²) < 4.78 is 2.37. The van der Waals surface area contributed by atoms with E-state index in [4.69, 9.17) is 19.4 Å². The molecule has 0 spiro atoms. The fraction of sp³-hybridized carbons (Fsp3) is 0. The van der Waals surface area contributed by atoms with Crippen LogP contribution in [0.5, 0.6) is 0 Å². The summed E-state index contributed by atoms with van der Waals surface area (Å²) in [5.74, 6) is 0. The standard InChI is InChI=1S/C16H8BClS/c17-14-8-11(18)7-13-12-5-9-3-1-2-4-10(9)6-15(12)19-16(13)14/h1-8H. The number of benzene rings is 3. The molecule has 4 rings (SSSR count). The molecule has 0 nitrogen and oxygen atoms in total. The van der Waals surface area contributed by atoms with Crippen LogP contribution in [0, 0.1) is 0 Å². The van der Waals surface area contributed by atoms with Crippen LogP contribution in [0.15, 0.2) is 48.5 Å². The van der Waals surface area contributed by atoms with E-state index in [1.165, 1.54) is 20.9 Å². The highest BCUT2D eigenvalue weighted by molar-refractivity contribution is 7.26. The molecule has 0 atom stereocenters. The molecule has 0 saturated carbocycles. The number of rotatable bonds is 0. The molecule has 0 amide bonds. The minimum atomic E-state index is 0.692. The maximum absolute atomic E-state index is 6.12. The fourth-order valence-electron chi connectivity index (χ4n) is 2.55.